The zero-order chi connectivity index (χ0) is 13.8. The summed E-state index contributed by atoms with van der Waals surface area (Å²) in [5.74, 6) is 1.35. The third-order valence-electron chi connectivity index (χ3n) is 5.19. The molecule has 0 aromatic carbocycles. The number of rotatable bonds is 4. The van der Waals surface area contributed by atoms with Gasteiger partial charge in [-0.25, -0.2) is 0 Å². The van der Waals surface area contributed by atoms with Gasteiger partial charge in [0.1, 0.15) is 0 Å². The number of morpholine rings is 1. The van der Waals surface area contributed by atoms with Crippen molar-refractivity contribution in [3.63, 3.8) is 0 Å². The van der Waals surface area contributed by atoms with Crippen LogP contribution < -0.4 is 0 Å². The number of aliphatic hydroxyl groups excluding tert-OH is 1. The average Bonchev–Trinajstić information content (AvgIpc) is 2.46. The van der Waals surface area contributed by atoms with Crippen molar-refractivity contribution in [1.29, 1.82) is 0 Å². The van der Waals surface area contributed by atoms with Gasteiger partial charge < -0.3 is 9.84 Å². The van der Waals surface area contributed by atoms with Gasteiger partial charge in [-0.1, -0.05) is 26.2 Å². The zero-order valence-electron chi connectivity index (χ0n) is 12.8. The Kier molecular flexibility index (Phi) is 5.67. The summed E-state index contributed by atoms with van der Waals surface area (Å²) >= 11 is 0. The fourth-order valence-corrected chi connectivity index (χ4v) is 3.61. The first-order valence-electron chi connectivity index (χ1n) is 8.15. The van der Waals surface area contributed by atoms with Crippen molar-refractivity contribution in [2.75, 3.05) is 19.7 Å². The average molecular weight is 269 g/mol. The van der Waals surface area contributed by atoms with E-state index in [0.29, 0.717) is 12.0 Å². The fourth-order valence-electron chi connectivity index (χ4n) is 3.61. The first-order valence-corrected chi connectivity index (χ1v) is 8.15. The van der Waals surface area contributed by atoms with Gasteiger partial charge in [-0.2, -0.15) is 0 Å². The number of hydrogen-bond donors (Lipinski definition) is 1. The second kappa shape index (κ2) is 7.05. The Balaban J connectivity index is 1.84. The predicted octanol–water partition coefficient (Wildman–Crippen LogP) is 2.67. The van der Waals surface area contributed by atoms with Crippen LogP contribution in [-0.2, 0) is 4.74 Å². The maximum atomic E-state index is 10.6. The van der Waals surface area contributed by atoms with Crippen LogP contribution in [0.3, 0.4) is 0 Å². The molecule has 2 fully saturated rings. The highest BCUT2D eigenvalue weighted by atomic mass is 16.5. The van der Waals surface area contributed by atoms with E-state index in [4.69, 9.17) is 4.74 Å². The van der Waals surface area contributed by atoms with Crippen molar-refractivity contribution < 1.29 is 9.84 Å². The minimum absolute atomic E-state index is 0.0272. The Morgan fingerprint density at radius 1 is 1.21 bits per heavy atom. The van der Waals surface area contributed by atoms with Crippen LogP contribution in [-0.4, -0.2) is 48.0 Å². The van der Waals surface area contributed by atoms with Crippen LogP contribution >= 0.6 is 0 Å². The molecule has 2 rings (SSSR count). The van der Waals surface area contributed by atoms with E-state index in [-0.39, 0.29) is 12.2 Å². The molecule has 2 atom stereocenters. The zero-order valence-corrected chi connectivity index (χ0v) is 12.8. The van der Waals surface area contributed by atoms with Crippen molar-refractivity contribution in [3.8, 4) is 0 Å². The number of nitrogens with zero attached hydrogens (tertiary/aromatic N) is 1. The highest BCUT2D eigenvalue weighted by Crippen LogP contribution is 2.34. The van der Waals surface area contributed by atoms with Gasteiger partial charge in [0.2, 0.25) is 0 Å². The Hall–Kier alpha value is -0.120. The highest BCUT2D eigenvalue weighted by molar-refractivity contribution is 4.86. The van der Waals surface area contributed by atoms with E-state index in [1.807, 2.05) is 0 Å². The van der Waals surface area contributed by atoms with Gasteiger partial charge in [0.25, 0.3) is 0 Å². The predicted molar refractivity (Wildman–Crippen MR) is 78.2 cm³/mol. The Labute approximate surface area is 118 Å². The molecule has 0 spiro atoms. The van der Waals surface area contributed by atoms with E-state index < -0.39 is 0 Å². The van der Waals surface area contributed by atoms with Crippen molar-refractivity contribution in [1.82, 2.24) is 4.90 Å². The molecule has 0 radical (unpaired) electrons. The third-order valence-corrected chi connectivity index (χ3v) is 5.19. The van der Waals surface area contributed by atoms with Gasteiger partial charge in [-0.3, -0.25) is 4.90 Å². The molecule has 1 saturated heterocycles. The molecule has 1 aliphatic heterocycles. The van der Waals surface area contributed by atoms with E-state index in [0.717, 1.165) is 25.6 Å². The molecule has 0 aromatic rings. The number of ether oxygens (including phenoxy) is 1. The van der Waals surface area contributed by atoms with Crippen LogP contribution in [0.15, 0.2) is 0 Å². The van der Waals surface area contributed by atoms with Gasteiger partial charge in [-0.15, -0.1) is 0 Å². The minimum Gasteiger partial charge on any atom is -0.390 e. The van der Waals surface area contributed by atoms with Crippen LogP contribution in [0.2, 0.25) is 0 Å². The molecule has 1 saturated carbocycles. The van der Waals surface area contributed by atoms with E-state index in [9.17, 15) is 5.11 Å². The van der Waals surface area contributed by atoms with Gasteiger partial charge in [-0.05, 0) is 38.5 Å². The summed E-state index contributed by atoms with van der Waals surface area (Å²) in [6.45, 7) is 9.40. The lowest BCUT2D eigenvalue weighted by atomic mass is 9.77. The Morgan fingerprint density at radius 2 is 1.89 bits per heavy atom. The van der Waals surface area contributed by atoms with E-state index in [1.54, 1.807) is 0 Å². The molecular formula is C16H31NO2. The molecule has 0 amide bonds. The first-order chi connectivity index (χ1) is 9.11. The van der Waals surface area contributed by atoms with Crippen molar-refractivity contribution in [2.24, 2.45) is 11.8 Å². The van der Waals surface area contributed by atoms with Gasteiger partial charge in [0.05, 0.1) is 18.8 Å². The van der Waals surface area contributed by atoms with Gasteiger partial charge in [0, 0.05) is 19.1 Å². The van der Waals surface area contributed by atoms with Crippen LogP contribution in [0.5, 0.6) is 0 Å². The summed E-state index contributed by atoms with van der Waals surface area (Å²) in [4.78, 5) is 2.43. The lowest BCUT2D eigenvalue weighted by molar-refractivity contribution is -0.116. The Morgan fingerprint density at radius 3 is 2.47 bits per heavy atom. The molecule has 112 valence electrons. The lowest BCUT2D eigenvalue weighted by Gasteiger charge is -2.41. The second-order valence-corrected chi connectivity index (χ2v) is 6.68. The van der Waals surface area contributed by atoms with Crippen LogP contribution in [0, 0.1) is 11.8 Å². The van der Waals surface area contributed by atoms with E-state index in [1.165, 1.54) is 32.1 Å². The van der Waals surface area contributed by atoms with Crippen molar-refractivity contribution in [2.45, 2.75) is 71.1 Å². The Bertz CT molecular complexity index is 261. The summed E-state index contributed by atoms with van der Waals surface area (Å²) in [5, 5.41) is 10.6. The van der Waals surface area contributed by atoms with Crippen molar-refractivity contribution >= 4 is 0 Å². The SMILES string of the molecule is CCC1CCC(C(O)C2CN(C(C)C)CCO2)CC1. The molecule has 1 N–H and O–H groups in total. The topological polar surface area (TPSA) is 32.7 Å². The van der Waals surface area contributed by atoms with Gasteiger partial charge in [0.15, 0.2) is 0 Å². The molecule has 3 nitrogen and oxygen atoms in total. The standard InChI is InChI=1S/C16H31NO2/c1-4-13-5-7-14(8-6-13)16(18)15-11-17(12(2)3)9-10-19-15/h12-16,18H,4-11H2,1-3H3. The number of aliphatic hydroxyl groups is 1. The molecule has 2 aliphatic rings. The summed E-state index contributed by atoms with van der Waals surface area (Å²) in [6, 6.07) is 0.550. The molecule has 19 heavy (non-hydrogen) atoms. The second-order valence-electron chi connectivity index (χ2n) is 6.68. The van der Waals surface area contributed by atoms with E-state index >= 15 is 0 Å². The summed E-state index contributed by atoms with van der Waals surface area (Å²) in [7, 11) is 0. The quantitative estimate of drug-likeness (QED) is 0.851. The largest absolute Gasteiger partial charge is 0.390 e. The van der Waals surface area contributed by atoms with Crippen molar-refractivity contribution in [3.05, 3.63) is 0 Å². The van der Waals surface area contributed by atoms with Gasteiger partial charge >= 0.3 is 0 Å². The van der Waals surface area contributed by atoms with Crippen LogP contribution in [0.1, 0.15) is 52.9 Å². The molecule has 0 aromatic heterocycles. The lowest BCUT2D eigenvalue weighted by Crippen LogP contribution is -2.52. The minimum atomic E-state index is -0.264. The molecule has 1 aliphatic carbocycles. The smallest absolute Gasteiger partial charge is 0.0963 e. The monoisotopic (exact) mass is 269 g/mol. The van der Waals surface area contributed by atoms with Crippen LogP contribution in [0.4, 0.5) is 0 Å². The normalized spacial score (nSPS) is 35.5. The maximum Gasteiger partial charge on any atom is 0.0963 e. The molecule has 0 bridgehead atoms. The number of hydrogen-bond acceptors (Lipinski definition) is 3. The third kappa shape index (κ3) is 3.93. The molecule has 1 heterocycles. The summed E-state index contributed by atoms with van der Waals surface area (Å²) in [6.07, 6.45) is 6.00. The molecular weight excluding hydrogens is 238 g/mol. The fraction of sp³-hybridized carbons (Fsp3) is 1.00. The summed E-state index contributed by atoms with van der Waals surface area (Å²) in [5.41, 5.74) is 0. The highest BCUT2D eigenvalue weighted by Gasteiger charge is 2.34. The van der Waals surface area contributed by atoms with E-state index in [2.05, 4.69) is 25.7 Å². The first kappa shape index (κ1) is 15.3. The summed E-state index contributed by atoms with van der Waals surface area (Å²) < 4.78 is 5.83. The molecule has 3 heteroatoms. The maximum absolute atomic E-state index is 10.6. The van der Waals surface area contributed by atoms with Crippen LogP contribution in [0.25, 0.3) is 0 Å². The molecule has 2 unspecified atom stereocenters.